The molecule has 5 heteroatoms. The summed E-state index contributed by atoms with van der Waals surface area (Å²) in [6.07, 6.45) is 3.32. The third-order valence-electron chi connectivity index (χ3n) is 4.39. The molecule has 1 N–H and O–H groups in total. The highest BCUT2D eigenvalue weighted by molar-refractivity contribution is 6.14. The molecule has 1 amide bonds. The fraction of sp³-hybridized carbons (Fsp3) is 0.238. The summed E-state index contributed by atoms with van der Waals surface area (Å²) in [4.78, 5) is 16.6. The van der Waals surface area contributed by atoms with Crippen LogP contribution in [-0.4, -0.2) is 25.0 Å². The minimum Gasteiger partial charge on any atom is -0.486 e. The molecule has 2 aromatic rings. The summed E-state index contributed by atoms with van der Waals surface area (Å²) in [7, 11) is 0. The average Bonchev–Trinajstić information content (AvgIpc) is 3.01. The van der Waals surface area contributed by atoms with Crippen LogP contribution in [0.15, 0.2) is 53.2 Å². The van der Waals surface area contributed by atoms with Crippen LogP contribution in [0.4, 0.5) is 0 Å². The quantitative estimate of drug-likeness (QED) is 0.863. The van der Waals surface area contributed by atoms with E-state index >= 15 is 0 Å². The van der Waals surface area contributed by atoms with E-state index in [1.807, 2.05) is 18.2 Å². The van der Waals surface area contributed by atoms with Crippen molar-refractivity contribution in [2.24, 2.45) is 4.99 Å². The minimum absolute atomic E-state index is 0.168. The lowest BCUT2D eigenvalue weighted by Gasteiger charge is -2.18. The molecule has 0 radical (unpaired) electrons. The summed E-state index contributed by atoms with van der Waals surface area (Å²) >= 11 is 0. The Morgan fingerprint density at radius 3 is 2.62 bits per heavy atom. The van der Waals surface area contributed by atoms with E-state index in [0.717, 1.165) is 17.7 Å². The Morgan fingerprint density at radius 2 is 1.81 bits per heavy atom. The van der Waals surface area contributed by atoms with Crippen molar-refractivity contribution in [3.8, 4) is 11.5 Å². The monoisotopic (exact) mass is 348 g/mol. The van der Waals surface area contributed by atoms with Crippen molar-refractivity contribution < 1.29 is 14.3 Å². The van der Waals surface area contributed by atoms with Gasteiger partial charge in [-0.2, -0.15) is 0 Å². The molecule has 0 atom stereocenters. The van der Waals surface area contributed by atoms with Crippen molar-refractivity contribution in [3.05, 3.63) is 64.9 Å². The number of nitrogens with zero attached hydrogens (tertiary/aromatic N) is 1. The number of benzene rings is 2. The number of hydrogen-bond donors (Lipinski definition) is 1. The third-order valence-corrected chi connectivity index (χ3v) is 4.39. The molecular formula is C21H20N2O3. The predicted octanol–water partition coefficient (Wildman–Crippen LogP) is 3.27. The van der Waals surface area contributed by atoms with Gasteiger partial charge < -0.3 is 14.8 Å². The molecule has 2 aliphatic heterocycles. The lowest BCUT2D eigenvalue weighted by molar-refractivity contribution is -0.115. The molecule has 0 fully saturated rings. The summed E-state index contributed by atoms with van der Waals surface area (Å²) in [6, 6.07) is 14.0. The van der Waals surface area contributed by atoms with Gasteiger partial charge >= 0.3 is 0 Å². The van der Waals surface area contributed by atoms with Crippen LogP contribution in [0.3, 0.4) is 0 Å². The van der Waals surface area contributed by atoms with E-state index in [2.05, 4.69) is 41.5 Å². The van der Waals surface area contributed by atoms with Gasteiger partial charge in [0.05, 0.1) is 0 Å². The first-order valence-corrected chi connectivity index (χ1v) is 8.73. The van der Waals surface area contributed by atoms with Crippen molar-refractivity contribution in [1.82, 2.24) is 5.32 Å². The van der Waals surface area contributed by atoms with Crippen LogP contribution in [0.25, 0.3) is 6.08 Å². The maximum Gasteiger partial charge on any atom is 0.275 e. The summed E-state index contributed by atoms with van der Waals surface area (Å²) in [6.45, 7) is 3.17. The van der Waals surface area contributed by atoms with E-state index in [1.165, 1.54) is 11.1 Å². The number of carbonyl (C=O) groups is 1. The molecule has 0 saturated carbocycles. The molecule has 5 nitrogen and oxygen atoms in total. The molecule has 132 valence electrons. The largest absolute Gasteiger partial charge is 0.486 e. The molecule has 0 aromatic heterocycles. The second kappa shape index (κ2) is 7.04. The van der Waals surface area contributed by atoms with Crippen molar-refractivity contribution in [3.63, 3.8) is 0 Å². The van der Waals surface area contributed by atoms with Gasteiger partial charge in [0.15, 0.2) is 11.5 Å². The second-order valence-corrected chi connectivity index (χ2v) is 6.43. The Balaban J connectivity index is 1.47. The zero-order chi connectivity index (χ0) is 17.9. The van der Waals surface area contributed by atoms with Crippen LogP contribution in [0.1, 0.15) is 23.1 Å². The maximum absolute atomic E-state index is 12.2. The van der Waals surface area contributed by atoms with Gasteiger partial charge in [0.25, 0.3) is 5.91 Å². The highest BCUT2D eigenvalue weighted by atomic mass is 16.6. The smallest absolute Gasteiger partial charge is 0.275 e. The van der Waals surface area contributed by atoms with Crippen LogP contribution < -0.4 is 14.8 Å². The van der Waals surface area contributed by atoms with Gasteiger partial charge in [-0.3, -0.25) is 4.79 Å². The average molecular weight is 348 g/mol. The molecule has 26 heavy (non-hydrogen) atoms. The number of hydrogen-bond acceptors (Lipinski definition) is 4. The second-order valence-electron chi connectivity index (χ2n) is 6.43. The topological polar surface area (TPSA) is 59.9 Å². The molecule has 2 aromatic carbocycles. The predicted molar refractivity (Wildman–Crippen MR) is 100 cm³/mol. The Hall–Kier alpha value is -3.08. The number of rotatable bonds is 4. The molecule has 2 aliphatic rings. The van der Waals surface area contributed by atoms with Gasteiger partial charge in [-0.25, -0.2) is 4.99 Å². The van der Waals surface area contributed by atoms with E-state index in [0.29, 0.717) is 36.9 Å². The van der Waals surface area contributed by atoms with Gasteiger partial charge in [-0.05, 0) is 42.7 Å². The molecule has 2 heterocycles. The Bertz CT molecular complexity index is 898. The van der Waals surface area contributed by atoms with Crippen LogP contribution in [0.2, 0.25) is 0 Å². The minimum atomic E-state index is -0.168. The van der Waals surface area contributed by atoms with Crippen molar-refractivity contribution in [2.45, 2.75) is 19.8 Å². The summed E-state index contributed by atoms with van der Waals surface area (Å²) in [5.41, 5.74) is 3.75. The number of carbonyl (C=O) groups excluding carboxylic acids is 1. The maximum atomic E-state index is 12.2. The number of amidine groups is 1. The van der Waals surface area contributed by atoms with Crippen LogP contribution in [0, 0.1) is 6.92 Å². The van der Waals surface area contributed by atoms with Gasteiger partial charge in [0, 0.05) is 6.42 Å². The van der Waals surface area contributed by atoms with Gasteiger partial charge in [0.2, 0.25) is 0 Å². The zero-order valence-corrected chi connectivity index (χ0v) is 14.6. The first-order chi connectivity index (χ1) is 12.7. The van der Waals surface area contributed by atoms with E-state index in [9.17, 15) is 4.79 Å². The highest BCUT2D eigenvalue weighted by Crippen LogP contribution is 2.31. The molecule has 0 aliphatic carbocycles. The molecule has 4 rings (SSSR count). The van der Waals surface area contributed by atoms with Gasteiger partial charge in [-0.1, -0.05) is 35.9 Å². The summed E-state index contributed by atoms with van der Waals surface area (Å²) in [5, 5.41) is 2.85. The Kier molecular flexibility index (Phi) is 4.44. The number of amides is 1. The van der Waals surface area contributed by atoms with E-state index in [-0.39, 0.29) is 5.91 Å². The lowest BCUT2D eigenvalue weighted by atomic mass is 10.1. The third kappa shape index (κ3) is 3.61. The standard InChI is InChI=1S/C21H20N2O3/c1-14-2-4-15(5-3-14)7-9-20-22-17(21(24)23-20)12-16-6-8-18-19(13-16)26-11-10-25-18/h2-6,8,12-13H,7,9-11H2,1H3,(H,22,23,24)/b17-12+. The zero-order valence-electron chi connectivity index (χ0n) is 14.6. The summed E-state index contributed by atoms with van der Waals surface area (Å²) < 4.78 is 11.1. The van der Waals surface area contributed by atoms with Gasteiger partial charge in [0.1, 0.15) is 24.7 Å². The first-order valence-electron chi connectivity index (χ1n) is 8.73. The number of fused-ring (bicyclic) bond motifs is 1. The molecule has 0 spiro atoms. The Morgan fingerprint density at radius 1 is 1.04 bits per heavy atom. The molecular weight excluding hydrogens is 328 g/mol. The van der Waals surface area contributed by atoms with Crippen molar-refractivity contribution >= 4 is 17.8 Å². The molecule has 0 unspecified atom stereocenters. The number of ether oxygens (including phenoxy) is 2. The van der Waals surface area contributed by atoms with E-state index in [4.69, 9.17) is 9.47 Å². The van der Waals surface area contributed by atoms with E-state index < -0.39 is 0 Å². The number of aryl methyl sites for hydroxylation is 2. The number of aliphatic imine (C=N–C) groups is 1. The fourth-order valence-electron chi connectivity index (χ4n) is 2.96. The van der Waals surface area contributed by atoms with Crippen LogP contribution in [-0.2, 0) is 11.2 Å². The molecule has 0 bridgehead atoms. The molecule has 0 saturated heterocycles. The first kappa shape index (κ1) is 16.4. The van der Waals surface area contributed by atoms with Gasteiger partial charge in [-0.15, -0.1) is 0 Å². The highest BCUT2D eigenvalue weighted by Gasteiger charge is 2.20. The van der Waals surface area contributed by atoms with Crippen LogP contribution in [0.5, 0.6) is 11.5 Å². The normalized spacial score (nSPS) is 17.2. The number of nitrogens with one attached hydrogen (secondary N) is 1. The summed E-state index contributed by atoms with van der Waals surface area (Å²) in [5.74, 6) is 1.97. The Labute approximate surface area is 152 Å². The van der Waals surface area contributed by atoms with Crippen LogP contribution >= 0.6 is 0 Å². The SMILES string of the molecule is Cc1ccc(CCC2=N/C(=C/c3ccc4c(c3)OCCO4)C(=O)N2)cc1. The van der Waals surface area contributed by atoms with E-state index in [1.54, 1.807) is 6.08 Å². The van der Waals surface area contributed by atoms with Crippen molar-refractivity contribution in [2.75, 3.05) is 13.2 Å². The van der Waals surface area contributed by atoms with Crippen molar-refractivity contribution in [1.29, 1.82) is 0 Å². The fourth-order valence-corrected chi connectivity index (χ4v) is 2.96. The lowest BCUT2D eigenvalue weighted by Crippen LogP contribution is -2.24.